The molecule has 8 heteroatoms. The van der Waals surface area contributed by atoms with Crippen molar-refractivity contribution in [3.63, 3.8) is 0 Å². The number of pyridine rings is 2. The Morgan fingerprint density at radius 2 is 1.82 bits per heavy atom. The number of carbonyl (C=O) groups is 1. The van der Waals surface area contributed by atoms with Gasteiger partial charge in [-0.3, -0.25) is 9.78 Å². The maximum absolute atomic E-state index is 13.2. The van der Waals surface area contributed by atoms with Gasteiger partial charge < -0.3 is 4.43 Å². The lowest BCUT2D eigenvalue weighted by molar-refractivity contribution is 0.0992. The quantitative estimate of drug-likeness (QED) is 0.214. The van der Waals surface area contributed by atoms with Crippen molar-refractivity contribution in [1.82, 2.24) is 19.7 Å². The molecule has 212 valence electrons. The first kappa shape index (κ1) is 29.8. The van der Waals surface area contributed by atoms with Crippen molar-refractivity contribution < 1.29 is 9.22 Å². The molecule has 0 aliphatic heterocycles. The minimum Gasteiger partial charge on any atom is -0.414 e. The Labute approximate surface area is 240 Å². The third kappa shape index (κ3) is 6.11. The van der Waals surface area contributed by atoms with Crippen molar-refractivity contribution in [3.05, 3.63) is 70.9 Å². The van der Waals surface area contributed by atoms with Gasteiger partial charge in [0, 0.05) is 24.9 Å². The van der Waals surface area contributed by atoms with Gasteiger partial charge in [-0.15, -0.1) is 0 Å². The lowest BCUT2D eigenvalue weighted by atomic mass is 9.72. The number of rotatable bonds is 8. The van der Waals surface area contributed by atoms with E-state index in [1.165, 1.54) is 0 Å². The fourth-order valence-corrected chi connectivity index (χ4v) is 6.51. The summed E-state index contributed by atoms with van der Waals surface area (Å²) in [6.45, 7) is 17.5. The van der Waals surface area contributed by atoms with Crippen LogP contribution in [0.15, 0.2) is 42.9 Å². The molecule has 0 bridgehead atoms. The molecule has 0 radical (unpaired) electrons. The van der Waals surface area contributed by atoms with E-state index in [4.69, 9.17) is 9.41 Å². The fraction of sp³-hybridized carbons (Fsp3) is 0.531. The number of hydrogen-bond donors (Lipinski definition) is 0. The predicted molar refractivity (Wildman–Crippen MR) is 160 cm³/mol. The Hall–Kier alpha value is -3.15. The van der Waals surface area contributed by atoms with Gasteiger partial charge in [0.15, 0.2) is 19.9 Å². The predicted octanol–water partition coefficient (Wildman–Crippen LogP) is 7.25. The molecule has 0 N–H and O–H groups in total. The maximum Gasteiger partial charge on any atom is 0.192 e. The van der Waals surface area contributed by atoms with Crippen molar-refractivity contribution in [2.24, 2.45) is 0 Å². The highest BCUT2D eigenvalue weighted by molar-refractivity contribution is 6.74. The highest BCUT2D eigenvalue weighted by atomic mass is 28.4. The lowest BCUT2D eigenvalue weighted by Crippen LogP contribution is -2.46. The highest BCUT2D eigenvalue weighted by Crippen LogP contribution is 2.43. The molecule has 40 heavy (non-hydrogen) atoms. The summed E-state index contributed by atoms with van der Waals surface area (Å²) in [6.07, 6.45) is 8.84. The minimum absolute atomic E-state index is 0.0182. The number of Topliss-reactive ketones (excluding diaryl/α,β-unsaturated/α-hetero) is 1. The highest BCUT2D eigenvalue weighted by Gasteiger charge is 2.43. The Morgan fingerprint density at radius 3 is 2.35 bits per heavy atom. The molecule has 0 aromatic carbocycles. The largest absolute Gasteiger partial charge is 0.414 e. The molecule has 0 spiro atoms. The van der Waals surface area contributed by atoms with E-state index in [9.17, 15) is 10.1 Å². The van der Waals surface area contributed by atoms with E-state index in [0.717, 1.165) is 48.2 Å². The second-order valence-electron chi connectivity index (χ2n) is 13.1. The van der Waals surface area contributed by atoms with Crippen LogP contribution >= 0.6 is 0 Å². The Balaban J connectivity index is 1.41. The molecule has 4 rings (SSSR count). The molecule has 0 amide bonds. The summed E-state index contributed by atoms with van der Waals surface area (Å²) in [6, 6.07) is 10.4. The van der Waals surface area contributed by atoms with Gasteiger partial charge in [0.05, 0.1) is 34.6 Å². The molecule has 1 aliphatic carbocycles. The van der Waals surface area contributed by atoms with Crippen LogP contribution in [-0.4, -0.2) is 40.0 Å². The maximum atomic E-state index is 13.2. The molecule has 1 saturated carbocycles. The molecular formula is C32H43N5O2Si. The summed E-state index contributed by atoms with van der Waals surface area (Å²) >= 11 is 0. The summed E-state index contributed by atoms with van der Waals surface area (Å²) in [5.74, 6) is 1.07. The Kier molecular flexibility index (Phi) is 8.48. The van der Waals surface area contributed by atoms with Gasteiger partial charge in [-0.1, -0.05) is 46.8 Å². The minimum atomic E-state index is -1.85. The number of aromatic nitrogens is 4. The normalized spacial score (nSPS) is 19.9. The lowest BCUT2D eigenvalue weighted by Gasteiger charge is -2.42. The second-order valence-corrected chi connectivity index (χ2v) is 17.8. The van der Waals surface area contributed by atoms with Gasteiger partial charge in [0.2, 0.25) is 0 Å². The van der Waals surface area contributed by atoms with E-state index in [-0.39, 0.29) is 23.3 Å². The van der Waals surface area contributed by atoms with E-state index < -0.39 is 13.7 Å². The molecule has 3 aromatic rings. The summed E-state index contributed by atoms with van der Waals surface area (Å²) in [4.78, 5) is 22.4. The van der Waals surface area contributed by atoms with Crippen LogP contribution in [0.4, 0.5) is 0 Å². The second kappa shape index (κ2) is 11.4. The summed E-state index contributed by atoms with van der Waals surface area (Å²) in [5, 5.41) is 14.8. The summed E-state index contributed by atoms with van der Waals surface area (Å²) in [7, 11) is -1.85. The van der Waals surface area contributed by atoms with E-state index in [2.05, 4.69) is 63.9 Å². The average molecular weight is 558 g/mol. The SMILES string of the molecule is Cc1c(C(=O)Cc2ccc(C3(C#N)CCC(O[Si](C)(C)C(C)(C)C)CC3)nc2)cnn1-c1ccc(C(C)C)cn1. The Bertz CT molecular complexity index is 1370. The van der Waals surface area contributed by atoms with Crippen molar-refractivity contribution in [2.45, 2.75) is 109 Å². The molecule has 3 heterocycles. The zero-order chi connectivity index (χ0) is 29.3. The van der Waals surface area contributed by atoms with Crippen LogP contribution in [0.1, 0.15) is 99.1 Å². The molecule has 1 aliphatic rings. The third-order valence-corrected chi connectivity index (χ3v) is 13.4. The third-order valence-electron chi connectivity index (χ3n) is 8.91. The van der Waals surface area contributed by atoms with E-state index in [0.29, 0.717) is 17.3 Å². The number of ketones is 1. The topological polar surface area (TPSA) is 93.7 Å². The van der Waals surface area contributed by atoms with Crippen LogP contribution in [-0.2, 0) is 16.3 Å². The summed E-state index contributed by atoms with van der Waals surface area (Å²) < 4.78 is 8.35. The van der Waals surface area contributed by atoms with Gasteiger partial charge in [-0.2, -0.15) is 10.4 Å². The molecule has 3 aromatic heterocycles. The van der Waals surface area contributed by atoms with Crippen LogP contribution in [0.2, 0.25) is 18.1 Å². The van der Waals surface area contributed by atoms with Crippen molar-refractivity contribution >= 4 is 14.1 Å². The number of hydrogen-bond acceptors (Lipinski definition) is 6. The van der Waals surface area contributed by atoms with E-state index >= 15 is 0 Å². The van der Waals surface area contributed by atoms with Crippen molar-refractivity contribution in [2.75, 3.05) is 0 Å². The molecule has 0 atom stereocenters. The van der Waals surface area contributed by atoms with Gasteiger partial charge in [0.25, 0.3) is 0 Å². The van der Waals surface area contributed by atoms with Gasteiger partial charge >= 0.3 is 0 Å². The van der Waals surface area contributed by atoms with Gasteiger partial charge in [0.1, 0.15) is 0 Å². The molecule has 7 nitrogen and oxygen atoms in total. The number of nitriles is 1. The standard InChI is InChI=1S/C32H43N5O2Si/c1-22(2)25-10-12-30(35-19-25)37-23(3)27(20-36-37)28(38)17-24-9-11-29(34-18-24)32(21-33)15-13-26(14-16-32)39-40(7,8)31(4,5)6/h9-12,18-20,22,26H,13-17H2,1-8H3. The van der Waals surface area contributed by atoms with Crippen LogP contribution in [0.25, 0.3) is 5.82 Å². The van der Waals surface area contributed by atoms with Gasteiger partial charge in [-0.25, -0.2) is 9.67 Å². The average Bonchev–Trinajstić information content (AvgIpc) is 3.30. The fourth-order valence-electron chi connectivity index (χ4n) is 5.09. The van der Waals surface area contributed by atoms with Crippen LogP contribution in [0.3, 0.4) is 0 Å². The van der Waals surface area contributed by atoms with Crippen molar-refractivity contribution in [3.8, 4) is 11.9 Å². The van der Waals surface area contributed by atoms with Crippen LogP contribution in [0.5, 0.6) is 0 Å². The van der Waals surface area contributed by atoms with Crippen molar-refractivity contribution in [1.29, 1.82) is 5.26 Å². The number of nitrogens with zero attached hydrogens (tertiary/aromatic N) is 5. The zero-order valence-corrected chi connectivity index (χ0v) is 26.3. The smallest absolute Gasteiger partial charge is 0.192 e. The molecule has 1 fully saturated rings. The van der Waals surface area contributed by atoms with Crippen LogP contribution in [0, 0.1) is 18.3 Å². The summed E-state index contributed by atoms with van der Waals surface area (Å²) in [5.41, 5.74) is 3.50. The first-order valence-corrected chi connectivity index (χ1v) is 17.3. The van der Waals surface area contributed by atoms with E-state index in [1.54, 1.807) is 17.1 Å². The van der Waals surface area contributed by atoms with E-state index in [1.807, 2.05) is 37.4 Å². The zero-order valence-electron chi connectivity index (χ0n) is 25.3. The first-order chi connectivity index (χ1) is 18.8. The monoisotopic (exact) mass is 557 g/mol. The molecule has 0 unspecified atom stereocenters. The van der Waals surface area contributed by atoms with Crippen LogP contribution < -0.4 is 0 Å². The Morgan fingerprint density at radius 1 is 1.12 bits per heavy atom. The molecule has 0 saturated heterocycles. The molecular weight excluding hydrogens is 514 g/mol. The first-order valence-electron chi connectivity index (χ1n) is 14.3. The number of carbonyl (C=O) groups excluding carboxylic acids is 1. The van der Waals surface area contributed by atoms with Gasteiger partial charge in [-0.05, 0) is 79.9 Å².